The number of ether oxygens (including phenoxy) is 1. The van der Waals surface area contributed by atoms with Crippen LogP contribution < -0.4 is 10.1 Å². The number of rotatable bonds is 3. The summed E-state index contributed by atoms with van der Waals surface area (Å²) < 4.78 is 5.36. The molecule has 114 valence electrons. The van der Waals surface area contributed by atoms with Gasteiger partial charge in [0.2, 0.25) is 11.8 Å². The topological polar surface area (TPSA) is 58.6 Å². The van der Waals surface area contributed by atoms with Crippen molar-refractivity contribution >= 4 is 11.8 Å². The van der Waals surface area contributed by atoms with E-state index >= 15 is 0 Å². The molecular formula is C16H22N2O3. The van der Waals surface area contributed by atoms with Gasteiger partial charge in [-0.2, -0.15) is 0 Å². The highest BCUT2D eigenvalue weighted by Gasteiger charge is 2.44. The second-order valence-electron chi connectivity index (χ2n) is 5.99. The minimum absolute atomic E-state index is 0.0804. The quantitative estimate of drug-likeness (QED) is 0.920. The van der Waals surface area contributed by atoms with E-state index in [2.05, 4.69) is 5.32 Å². The number of benzene rings is 1. The molecule has 0 aromatic heterocycles. The Morgan fingerprint density at radius 1 is 1.33 bits per heavy atom. The molecule has 0 aliphatic carbocycles. The van der Waals surface area contributed by atoms with E-state index in [0.29, 0.717) is 6.54 Å². The first-order chi connectivity index (χ1) is 9.77. The second-order valence-corrected chi connectivity index (χ2v) is 5.99. The summed E-state index contributed by atoms with van der Waals surface area (Å²) in [6, 6.07) is 5.33. The molecule has 1 unspecified atom stereocenters. The van der Waals surface area contributed by atoms with Crippen LogP contribution in [0.25, 0.3) is 0 Å². The lowest BCUT2D eigenvalue weighted by Gasteiger charge is -2.43. The maximum Gasteiger partial charge on any atom is 0.246 e. The van der Waals surface area contributed by atoms with Crippen molar-refractivity contribution in [3.8, 4) is 5.75 Å². The number of carbonyl (C=O) groups excluding carboxylic acids is 2. The molecule has 1 atom stereocenters. The van der Waals surface area contributed by atoms with Crippen molar-refractivity contribution < 1.29 is 14.3 Å². The molecule has 1 fully saturated rings. The minimum atomic E-state index is -0.877. The van der Waals surface area contributed by atoms with E-state index in [1.165, 1.54) is 0 Å². The lowest BCUT2D eigenvalue weighted by Crippen LogP contribution is -2.67. The zero-order valence-corrected chi connectivity index (χ0v) is 13.2. The number of nitrogens with zero attached hydrogens (tertiary/aromatic N) is 1. The van der Waals surface area contributed by atoms with Crippen molar-refractivity contribution in [1.29, 1.82) is 0 Å². The lowest BCUT2D eigenvalue weighted by atomic mass is 9.95. The van der Waals surface area contributed by atoms with Crippen LogP contribution in [0.2, 0.25) is 0 Å². The van der Waals surface area contributed by atoms with Crippen LogP contribution in [0.1, 0.15) is 31.9 Å². The molecule has 0 saturated carbocycles. The molecule has 2 rings (SSSR count). The Kier molecular flexibility index (Phi) is 3.94. The molecule has 0 bridgehead atoms. The van der Waals surface area contributed by atoms with Crippen molar-refractivity contribution in [3.63, 3.8) is 0 Å². The highest BCUT2D eigenvalue weighted by atomic mass is 16.5. The maximum absolute atomic E-state index is 12.4. The Hall–Kier alpha value is -2.04. The lowest BCUT2D eigenvalue weighted by molar-refractivity contribution is -0.155. The predicted molar refractivity (Wildman–Crippen MR) is 80.0 cm³/mol. The molecule has 2 amide bonds. The predicted octanol–water partition coefficient (Wildman–Crippen LogP) is 1.63. The fraction of sp³-hybridized carbons (Fsp3) is 0.500. The maximum atomic E-state index is 12.4. The molecule has 1 N–H and O–H groups in total. The normalized spacial score (nSPS) is 21.2. The summed E-state index contributed by atoms with van der Waals surface area (Å²) in [5.74, 6) is 0.507. The Bertz CT molecular complexity index is 581. The molecule has 1 aliphatic rings. The van der Waals surface area contributed by atoms with Crippen LogP contribution in [-0.4, -0.2) is 35.4 Å². The Morgan fingerprint density at radius 2 is 2.00 bits per heavy atom. The third kappa shape index (κ3) is 2.73. The van der Waals surface area contributed by atoms with E-state index in [1.807, 2.05) is 25.1 Å². The molecule has 5 heteroatoms. The van der Waals surface area contributed by atoms with Gasteiger partial charge in [-0.1, -0.05) is 17.7 Å². The van der Waals surface area contributed by atoms with Gasteiger partial charge < -0.3 is 15.0 Å². The average Bonchev–Trinajstić information content (AvgIpc) is 2.42. The highest BCUT2D eigenvalue weighted by Crippen LogP contribution is 2.28. The van der Waals surface area contributed by atoms with Crippen molar-refractivity contribution in [2.75, 3.05) is 7.11 Å². The third-order valence-corrected chi connectivity index (χ3v) is 3.98. The summed E-state index contributed by atoms with van der Waals surface area (Å²) in [4.78, 5) is 26.2. The fourth-order valence-electron chi connectivity index (χ4n) is 2.54. The largest absolute Gasteiger partial charge is 0.496 e. The van der Waals surface area contributed by atoms with Gasteiger partial charge in [-0.3, -0.25) is 9.59 Å². The van der Waals surface area contributed by atoms with Gasteiger partial charge in [0.1, 0.15) is 17.3 Å². The number of nitrogens with one attached hydrogen (secondary N) is 1. The molecule has 0 spiro atoms. The molecule has 5 nitrogen and oxygen atoms in total. The molecule has 1 heterocycles. The van der Waals surface area contributed by atoms with E-state index in [-0.39, 0.29) is 11.8 Å². The van der Waals surface area contributed by atoms with Crippen molar-refractivity contribution in [2.24, 2.45) is 0 Å². The zero-order valence-electron chi connectivity index (χ0n) is 13.2. The number of carbonyl (C=O) groups is 2. The monoisotopic (exact) mass is 290 g/mol. The van der Waals surface area contributed by atoms with Crippen LogP contribution in [0.3, 0.4) is 0 Å². The van der Waals surface area contributed by atoms with Crippen LogP contribution >= 0.6 is 0 Å². The Morgan fingerprint density at radius 3 is 2.62 bits per heavy atom. The first kappa shape index (κ1) is 15.4. The Balaban J connectivity index is 2.38. The third-order valence-electron chi connectivity index (χ3n) is 3.98. The van der Waals surface area contributed by atoms with E-state index < -0.39 is 11.6 Å². The summed E-state index contributed by atoms with van der Waals surface area (Å²) in [5, 5.41) is 2.71. The zero-order chi connectivity index (χ0) is 15.8. The molecule has 0 radical (unpaired) electrons. The molecule has 1 aliphatic heterocycles. The second kappa shape index (κ2) is 5.39. The first-order valence-corrected chi connectivity index (χ1v) is 7.03. The molecular weight excluding hydrogens is 268 g/mol. The average molecular weight is 290 g/mol. The number of amides is 2. The summed E-state index contributed by atoms with van der Waals surface area (Å²) >= 11 is 0. The number of hydrogen-bond donors (Lipinski definition) is 1. The number of aryl methyl sites for hydroxylation is 1. The van der Waals surface area contributed by atoms with Gasteiger partial charge in [0, 0.05) is 5.56 Å². The number of hydrogen-bond acceptors (Lipinski definition) is 3. The summed E-state index contributed by atoms with van der Waals surface area (Å²) in [6.45, 7) is 7.56. The van der Waals surface area contributed by atoms with Crippen LogP contribution in [-0.2, 0) is 16.1 Å². The first-order valence-electron chi connectivity index (χ1n) is 7.03. The smallest absolute Gasteiger partial charge is 0.246 e. The highest BCUT2D eigenvalue weighted by molar-refractivity contribution is 5.99. The van der Waals surface area contributed by atoms with Crippen LogP contribution in [0.5, 0.6) is 5.75 Å². The van der Waals surface area contributed by atoms with Gasteiger partial charge in [0.05, 0.1) is 13.7 Å². The van der Waals surface area contributed by atoms with E-state index in [9.17, 15) is 9.59 Å². The standard InChI is InChI=1S/C16H22N2O3/c1-10-6-7-13(21-5)12(8-10)9-18-14(19)11(2)17-15(20)16(18,3)4/h6-8,11H,9H2,1-5H3,(H,17,20). The van der Waals surface area contributed by atoms with E-state index in [1.54, 1.807) is 32.8 Å². The number of piperazine rings is 1. The van der Waals surface area contributed by atoms with Crippen molar-refractivity contribution in [2.45, 2.75) is 45.8 Å². The molecule has 21 heavy (non-hydrogen) atoms. The molecule has 1 aromatic carbocycles. The minimum Gasteiger partial charge on any atom is -0.496 e. The number of methoxy groups -OCH3 is 1. The summed E-state index contributed by atoms with van der Waals surface area (Å²) in [6.07, 6.45) is 0. The van der Waals surface area contributed by atoms with Gasteiger partial charge in [-0.05, 0) is 33.8 Å². The molecule has 1 aromatic rings. The molecule has 1 saturated heterocycles. The summed E-state index contributed by atoms with van der Waals surface area (Å²) in [5.41, 5.74) is 1.12. The van der Waals surface area contributed by atoms with E-state index in [0.717, 1.165) is 16.9 Å². The van der Waals surface area contributed by atoms with E-state index in [4.69, 9.17) is 4.74 Å². The van der Waals surface area contributed by atoms with Gasteiger partial charge in [0.25, 0.3) is 0 Å². The SMILES string of the molecule is COc1ccc(C)cc1CN1C(=O)C(C)NC(=O)C1(C)C. The van der Waals surface area contributed by atoms with Gasteiger partial charge in [-0.15, -0.1) is 0 Å². The van der Waals surface area contributed by atoms with Gasteiger partial charge >= 0.3 is 0 Å². The van der Waals surface area contributed by atoms with Crippen molar-refractivity contribution in [1.82, 2.24) is 10.2 Å². The summed E-state index contributed by atoms with van der Waals surface area (Å²) in [7, 11) is 1.60. The fourth-order valence-corrected chi connectivity index (χ4v) is 2.54. The van der Waals surface area contributed by atoms with Gasteiger partial charge in [-0.25, -0.2) is 0 Å². The van der Waals surface area contributed by atoms with Crippen LogP contribution in [0.15, 0.2) is 18.2 Å². The van der Waals surface area contributed by atoms with Crippen molar-refractivity contribution in [3.05, 3.63) is 29.3 Å². The van der Waals surface area contributed by atoms with Crippen LogP contribution in [0, 0.1) is 6.92 Å². The van der Waals surface area contributed by atoms with Gasteiger partial charge in [0.15, 0.2) is 0 Å². The van der Waals surface area contributed by atoms with Crippen LogP contribution in [0.4, 0.5) is 0 Å². The Labute approximate surface area is 125 Å².